The fourth-order valence-electron chi connectivity index (χ4n) is 2.30. The number of nitrogens with one attached hydrogen (secondary N) is 2. The van der Waals surface area contributed by atoms with Crippen LogP contribution in [0.4, 0.5) is 18.9 Å². The molecule has 0 aliphatic heterocycles. The van der Waals surface area contributed by atoms with Gasteiger partial charge < -0.3 is 15.8 Å². The minimum Gasteiger partial charge on any atom is -0.392 e. The molecular formula is C17H14ClF3N2O2. The van der Waals surface area contributed by atoms with Gasteiger partial charge in [-0.25, -0.2) is 0 Å². The van der Waals surface area contributed by atoms with Gasteiger partial charge in [0.25, 0.3) is 5.91 Å². The third-order valence-electron chi connectivity index (χ3n) is 3.46. The molecular weight excluding hydrogens is 357 g/mol. The standard InChI is InChI=1S/C17H14ClF3N2O2/c1-9(22)11-6-5-10(8-24)7-14(11)23-16(25)15-12(17(19,20)21)3-2-4-13(15)18/h2-7,22,24H,8H2,1H3,(H,23,25). The second-order valence-electron chi connectivity index (χ2n) is 5.28. The molecule has 0 radical (unpaired) electrons. The van der Waals surface area contributed by atoms with Crippen LogP contribution in [-0.4, -0.2) is 16.7 Å². The molecule has 0 saturated heterocycles. The predicted octanol–water partition coefficient (Wildman–Crippen LogP) is 4.49. The van der Waals surface area contributed by atoms with E-state index in [-0.39, 0.29) is 23.0 Å². The smallest absolute Gasteiger partial charge is 0.392 e. The SMILES string of the molecule is CC(=N)c1ccc(CO)cc1NC(=O)c1c(Cl)cccc1C(F)(F)F. The maximum absolute atomic E-state index is 13.1. The summed E-state index contributed by atoms with van der Waals surface area (Å²) in [6.45, 7) is 1.15. The number of benzene rings is 2. The number of carbonyl (C=O) groups excluding carboxylic acids is 1. The van der Waals surface area contributed by atoms with Crippen molar-refractivity contribution in [3.05, 3.63) is 63.7 Å². The third-order valence-corrected chi connectivity index (χ3v) is 3.78. The maximum Gasteiger partial charge on any atom is 0.417 e. The van der Waals surface area contributed by atoms with Crippen LogP contribution in [0.3, 0.4) is 0 Å². The van der Waals surface area contributed by atoms with E-state index in [1.807, 2.05) is 0 Å². The van der Waals surface area contributed by atoms with Crippen LogP contribution in [0.2, 0.25) is 5.02 Å². The third kappa shape index (κ3) is 4.18. The van der Waals surface area contributed by atoms with Crippen molar-refractivity contribution in [2.45, 2.75) is 19.7 Å². The minimum absolute atomic E-state index is 0.106. The highest BCUT2D eigenvalue weighted by Crippen LogP contribution is 2.35. The van der Waals surface area contributed by atoms with Gasteiger partial charge in [-0.15, -0.1) is 0 Å². The number of halogens is 4. The summed E-state index contributed by atoms with van der Waals surface area (Å²) in [6, 6.07) is 7.53. The summed E-state index contributed by atoms with van der Waals surface area (Å²) in [4.78, 5) is 12.4. The molecule has 0 aliphatic rings. The van der Waals surface area contributed by atoms with Crippen molar-refractivity contribution in [3.63, 3.8) is 0 Å². The van der Waals surface area contributed by atoms with Crippen molar-refractivity contribution in [2.24, 2.45) is 0 Å². The number of amides is 1. The summed E-state index contributed by atoms with van der Waals surface area (Å²) < 4.78 is 39.4. The largest absolute Gasteiger partial charge is 0.417 e. The van der Waals surface area contributed by atoms with Gasteiger partial charge in [0, 0.05) is 11.3 Å². The second kappa shape index (κ2) is 7.25. The van der Waals surface area contributed by atoms with Crippen molar-refractivity contribution in [1.82, 2.24) is 0 Å². The summed E-state index contributed by atoms with van der Waals surface area (Å²) in [7, 11) is 0. The average Bonchev–Trinajstić information content (AvgIpc) is 2.53. The molecule has 0 heterocycles. The van der Waals surface area contributed by atoms with E-state index in [4.69, 9.17) is 17.0 Å². The molecule has 0 atom stereocenters. The number of carbonyl (C=O) groups is 1. The van der Waals surface area contributed by atoms with Crippen LogP contribution >= 0.6 is 11.6 Å². The van der Waals surface area contributed by atoms with E-state index in [0.717, 1.165) is 12.1 Å². The van der Waals surface area contributed by atoms with Crippen molar-refractivity contribution in [3.8, 4) is 0 Å². The zero-order chi connectivity index (χ0) is 18.8. The molecule has 0 saturated carbocycles. The van der Waals surface area contributed by atoms with E-state index in [1.54, 1.807) is 6.07 Å². The van der Waals surface area contributed by atoms with Gasteiger partial charge in [-0.05, 0) is 30.7 Å². The molecule has 0 fully saturated rings. The lowest BCUT2D eigenvalue weighted by Crippen LogP contribution is -2.20. The Morgan fingerprint density at radius 3 is 2.52 bits per heavy atom. The Morgan fingerprint density at radius 1 is 1.28 bits per heavy atom. The zero-order valence-electron chi connectivity index (χ0n) is 13.0. The molecule has 0 aromatic heterocycles. The Labute approximate surface area is 146 Å². The van der Waals surface area contributed by atoms with Gasteiger partial charge in [0.05, 0.1) is 28.4 Å². The second-order valence-corrected chi connectivity index (χ2v) is 5.68. The summed E-state index contributed by atoms with van der Waals surface area (Å²) in [5.74, 6) is -1.05. The first-order valence-electron chi connectivity index (χ1n) is 7.11. The van der Waals surface area contributed by atoms with Gasteiger partial charge in [0.15, 0.2) is 0 Å². The number of rotatable bonds is 4. The van der Waals surface area contributed by atoms with E-state index in [0.29, 0.717) is 11.1 Å². The van der Waals surface area contributed by atoms with E-state index >= 15 is 0 Å². The van der Waals surface area contributed by atoms with Crippen LogP contribution < -0.4 is 5.32 Å². The lowest BCUT2D eigenvalue weighted by atomic mass is 10.0. The van der Waals surface area contributed by atoms with E-state index in [2.05, 4.69) is 5.32 Å². The number of aliphatic hydroxyl groups is 1. The molecule has 0 bridgehead atoms. The topological polar surface area (TPSA) is 73.2 Å². The molecule has 25 heavy (non-hydrogen) atoms. The molecule has 2 rings (SSSR count). The molecule has 2 aromatic rings. The molecule has 132 valence electrons. The Hall–Kier alpha value is -2.38. The van der Waals surface area contributed by atoms with Gasteiger partial charge >= 0.3 is 6.18 Å². The molecule has 3 N–H and O–H groups in total. The summed E-state index contributed by atoms with van der Waals surface area (Å²) in [5, 5.41) is 18.9. The molecule has 2 aromatic carbocycles. The molecule has 0 spiro atoms. The van der Waals surface area contributed by atoms with Gasteiger partial charge in [0.2, 0.25) is 0 Å². The summed E-state index contributed by atoms with van der Waals surface area (Å²) >= 11 is 5.81. The quantitative estimate of drug-likeness (QED) is 0.694. The molecule has 0 unspecified atom stereocenters. The summed E-state index contributed by atoms with van der Waals surface area (Å²) in [5.41, 5.74) is -0.850. The van der Waals surface area contributed by atoms with E-state index in [9.17, 15) is 23.1 Å². The summed E-state index contributed by atoms with van der Waals surface area (Å²) in [6.07, 6.45) is -4.75. The predicted molar refractivity (Wildman–Crippen MR) is 89.3 cm³/mol. The maximum atomic E-state index is 13.1. The van der Waals surface area contributed by atoms with Crippen molar-refractivity contribution in [2.75, 3.05) is 5.32 Å². The van der Waals surface area contributed by atoms with Crippen molar-refractivity contribution in [1.29, 1.82) is 5.41 Å². The fourth-order valence-corrected chi connectivity index (χ4v) is 2.56. The Kier molecular flexibility index (Phi) is 5.49. The molecule has 0 aliphatic carbocycles. The first-order valence-corrected chi connectivity index (χ1v) is 7.49. The molecule has 1 amide bonds. The van der Waals surface area contributed by atoms with Crippen LogP contribution in [0.5, 0.6) is 0 Å². The number of aliphatic hydroxyl groups excluding tert-OH is 1. The number of hydrogen-bond acceptors (Lipinski definition) is 3. The van der Waals surface area contributed by atoms with Crippen LogP contribution in [0, 0.1) is 5.41 Å². The fraction of sp³-hybridized carbons (Fsp3) is 0.176. The van der Waals surface area contributed by atoms with E-state index in [1.165, 1.54) is 25.1 Å². The lowest BCUT2D eigenvalue weighted by Gasteiger charge is -2.16. The van der Waals surface area contributed by atoms with Gasteiger partial charge in [-0.1, -0.05) is 29.8 Å². The minimum atomic E-state index is -4.75. The zero-order valence-corrected chi connectivity index (χ0v) is 13.8. The average molecular weight is 371 g/mol. The van der Waals surface area contributed by atoms with Gasteiger partial charge in [-0.3, -0.25) is 4.79 Å². The van der Waals surface area contributed by atoms with Crippen LogP contribution in [0.25, 0.3) is 0 Å². The first kappa shape index (κ1) is 19.0. The highest BCUT2D eigenvalue weighted by atomic mass is 35.5. The van der Waals surface area contributed by atoms with Gasteiger partial charge in [-0.2, -0.15) is 13.2 Å². The normalized spacial score (nSPS) is 11.3. The monoisotopic (exact) mass is 370 g/mol. The van der Waals surface area contributed by atoms with Gasteiger partial charge in [0.1, 0.15) is 0 Å². The highest BCUT2D eigenvalue weighted by Gasteiger charge is 2.36. The number of hydrogen-bond donors (Lipinski definition) is 3. The first-order chi connectivity index (χ1) is 11.6. The van der Waals surface area contributed by atoms with E-state index < -0.39 is 23.2 Å². The Bertz CT molecular complexity index is 835. The lowest BCUT2D eigenvalue weighted by molar-refractivity contribution is -0.137. The Balaban J connectivity index is 2.50. The van der Waals surface area contributed by atoms with Crippen molar-refractivity contribution >= 4 is 28.9 Å². The molecule has 4 nitrogen and oxygen atoms in total. The number of anilines is 1. The van der Waals surface area contributed by atoms with Crippen LogP contribution in [0.15, 0.2) is 36.4 Å². The molecule has 8 heteroatoms. The Morgan fingerprint density at radius 2 is 1.96 bits per heavy atom. The van der Waals surface area contributed by atoms with Crippen LogP contribution in [0.1, 0.15) is 34.0 Å². The highest BCUT2D eigenvalue weighted by molar-refractivity contribution is 6.34. The van der Waals surface area contributed by atoms with Crippen LogP contribution in [-0.2, 0) is 12.8 Å². The van der Waals surface area contributed by atoms with Crippen molar-refractivity contribution < 1.29 is 23.1 Å². The number of alkyl halides is 3.